The second kappa shape index (κ2) is 7.66. The maximum absolute atomic E-state index is 13.0. The summed E-state index contributed by atoms with van der Waals surface area (Å²) in [6, 6.07) is 10.8. The van der Waals surface area contributed by atoms with Crippen molar-refractivity contribution >= 4 is 21.6 Å². The zero-order valence-corrected chi connectivity index (χ0v) is 16.7. The molecule has 1 heterocycles. The van der Waals surface area contributed by atoms with Gasteiger partial charge in [0.15, 0.2) is 0 Å². The smallest absolute Gasteiger partial charge is 0.255 e. The average Bonchev–Trinajstić information content (AvgIpc) is 3.16. The van der Waals surface area contributed by atoms with E-state index in [1.165, 1.54) is 21.5 Å². The molecule has 6 nitrogen and oxygen atoms in total. The molecule has 0 aromatic heterocycles. The van der Waals surface area contributed by atoms with Crippen molar-refractivity contribution in [2.45, 2.75) is 31.1 Å². The number of nitrogens with one attached hydrogen (secondary N) is 1. The number of nitrogens with zero attached hydrogens (tertiary/aromatic N) is 1. The Hall–Kier alpha value is -2.22. The molecule has 1 saturated heterocycles. The van der Waals surface area contributed by atoms with Crippen LogP contribution < -0.4 is 5.32 Å². The zero-order chi connectivity index (χ0) is 19.7. The molecule has 7 heteroatoms. The number of ether oxygens (including phenoxy) is 1. The fourth-order valence-electron chi connectivity index (χ4n) is 3.80. The standard InChI is InChI=1S/C21H24N2O4S/c1-15-5-6-18(14-20(15)28(25,26)23-9-11-27-12-10-23)21(24)22-19-8-7-16-3-2-4-17(16)13-19/h5-8,13-14H,2-4,9-12H2,1H3,(H,22,24). The van der Waals surface area contributed by atoms with E-state index in [-0.39, 0.29) is 10.8 Å². The predicted octanol–water partition coefficient (Wildman–Crippen LogP) is 2.76. The highest BCUT2D eigenvalue weighted by Crippen LogP contribution is 2.26. The Bertz CT molecular complexity index is 1010. The summed E-state index contributed by atoms with van der Waals surface area (Å²) in [6.07, 6.45) is 3.27. The van der Waals surface area contributed by atoms with Crippen molar-refractivity contribution in [1.29, 1.82) is 0 Å². The van der Waals surface area contributed by atoms with E-state index in [0.717, 1.165) is 24.9 Å². The van der Waals surface area contributed by atoms with Crippen molar-refractivity contribution in [2.75, 3.05) is 31.6 Å². The minimum Gasteiger partial charge on any atom is -0.379 e. The highest BCUT2D eigenvalue weighted by atomic mass is 32.2. The number of sulfonamides is 1. The number of carbonyl (C=O) groups excluding carboxylic acids is 1. The van der Waals surface area contributed by atoms with E-state index in [1.807, 2.05) is 12.1 Å². The Morgan fingerprint density at radius 1 is 1.04 bits per heavy atom. The van der Waals surface area contributed by atoms with Crippen LogP contribution in [0.25, 0.3) is 0 Å². The topological polar surface area (TPSA) is 75.7 Å². The molecule has 0 unspecified atom stereocenters. The first-order valence-corrected chi connectivity index (χ1v) is 11.0. The molecule has 0 radical (unpaired) electrons. The van der Waals surface area contributed by atoms with E-state index >= 15 is 0 Å². The molecule has 2 aliphatic rings. The maximum Gasteiger partial charge on any atom is 0.255 e. The van der Waals surface area contributed by atoms with Gasteiger partial charge in [-0.05, 0) is 67.1 Å². The van der Waals surface area contributed by atoms with Gasteiger partial charge >= 0.3 is 0 Å². The first-order valence-electron chi connectivity index (χ1n) is 9.57. The molecular weight excluding hydrogens is 376 g/mol. The Morgan fingerprint density at radius 3 is 2.57 bits per heavy atom. The third-order valence-corrected chi connectivity index (χ3v) is 7.44. The highest BCUT2D eigenvalue weighted by Gasteiger charge is 2.28. The normalized spacial score (nSPS) is 17.3. The highest BCUT2D eigenvalue weighted by molar-refractivity contribution is 7.89. The van der Waals surface area contributed by atoms with Crippen LogP contribution in [-0.4, -0.2) is 44.9 Å². The molecule has 1 amide bonds. The van der Waals surface area contributed by atoms with E-state index < -0.39 is 10.0 Å². The molecule has 2 aromatic carbocycles. The number of anilines is 1. The summed E-state index contributed by atoms with van der Waals surface area (Å²) >= 11 is 0. The summed E-state index contributed by atoms with van der Waals surface area (Å²) < 4.78 is 32.7. The largest absolute Gasteiger partial charge is 0.379 e. The molecule has 2 aromatic rings. The minimum atomic E-state index is -3.66. The molecule has 0 bridgehead atoms. The summed E-state index contributed by atoms with van der Waals surface area (Å²) in [7, 11) is -3.66. The lowest BCUT2D eigenvalue weighted by atomic mass is 10.1. The molecule has 4 rings (SSSR count). The number of morpholine rings is 1. The van der Waals surface area contributed by atoms with Gasteiger partial charge in [-0.1, -0.05) is 12.1 Å². The van der Waals surface area contributed by atoms with Crippen molar-refractivity contribution in [3.05, 3.63) is 58.7 Å². The summed E-state index contributed by atoms with van der Waals surface area (Å²) in [6.45, 7) is 3.17. The van der Waals surface area contributed by atoms with E-state index in [0.29, 0.717) is 37.4 Å². The van der Waals surface area contributed by atoms with Gasteiger partial charge in [0.05, 0.1) is 18.1 Å². The van der Waals surface area contributed by atoms with E-state index in [9.17, 15) is 13.2 Å². The summed E-state index contributed by atoms with van der Waals surface area (Å²) in [5, 5.41) is 2.90. The minimum absolute atomic E-state index is 0.177. The fourth-order valence-corrected chi connectivity index (χ4v) is 5.46. The molecule has 0 saturated carbocycles. The Balaban J connectivity index is 1.58. The first kappa shape index (κ1) is 19.1. The lowest BCUT2D eigenvalue weighted by Gasteiger charge is -2.26. The van der Waals surface area contributed by atoms with E-state index in [4.69, 9.17) is 4.74 Å². The van der Waals surface area contributed by atoms with Gasteiger partial charge in [0, 0.05) is 24.3 Å². The lowest BCUT2D eigenvalue weighted by molar-refractivity contribution is 0.0730. The maximum atomic E-state index is 13.0. The van der Waals surface area contributed by atoms with Gasteiger partial charge < -0.3 is 10.1 Å². The fraction of sp³-hybridized carbons (Fsp3) is 0.381. The van der Waals surface area contributed by atoms with Crippen molar-refractivity contribution in [2.24, 2.45) is 0 Å². The molecule has 1 N–H and O–H groups in total. The average molecular weight is 401 g/mol. The van der Waals surface area contributed by atoms with Crippen LogP contribution in [0, 0.1) is 6.92 Å². The van der Waals surface area contributed by atoms with Gasteiger partial charge in [0.1, 0.15) is 0 Å². The molecule has 0 spiro atoms. The van der Waals surface area contributed by atoms with Crippen LogP contribution in [0.3, 0.4) is 0 Å². The lowest BCUT2D eigenvalue weighted by Crippen LogP contribution is -2.40. The number of benzene rings is 2. The predicted molar refractivity (Wildman–Crippen MR) is 107 cm³/mol. The van der Waals surface area contributed by atoms with Gasteiger partial charge in [0.25, 0.3) is 5.91 Å². The molecule has 1 aliphatic carbocycles. The molecule has 148 valence electrons. The van der Waals surface area contributed by atoms with Gasteiger partial charge in [-0.3, -0.25) is 4.79 Å². The monoisotopic (exact) mass is 400 g/mol. The van der Waals surface area contributed by atoms with Crippen LogP contribution in [0.15, 0.2) is 41.3 Å². The number of hydrogen-bond acceptors (Lipinski definition) is 4. The van der Waals surface area contributed by atoms with Gasteiger partial charge in [-0.15, -0.1) is 0 Å². The SMILES string of the molecule is Cc1ccc(C(=O)Nc2ccc3c(c2)CCC3)cc1S(=O)(=O)N1CCOCC1. The molecule has 1 aliphatic heterocycles. The number of fused-ring (bicyclic) bond motifs is 1. The van der Waals surface area contributed by atoms with Crippen LogP contribution in [0.2, 0.25) is 0 Å². The quantitative estimate of drug-likeness (QED) is 0.856. The van der Waals surface area contributed by atoms with Gasteiger partial charge in [-0.2, -0.15) is 4.31 Å². The Labute approximate surface area is 165 Å². The van der Waals surface area contributed by atoms with Crippen LogP contribution in [-0.2, 0) is 27.6 Å². The van der Waals surface area contributed by atoms with E-state index in [1.54, 1.807) is 19.1 Å². The second-order valence-electron chi connectivity index (χ2n) is 7.29. The van der Waals surface area contributed by atoms with E-state index in [2.05, 4.69) is 11.4 Å². The van der Waals surface area contributed by atoms with Crippen molar-refractivity contribution < 1.29 is 17.9 Å². The van der Waals surface area contributed by atoms with Crippen LogP contribution in [0.4, 0.5) is 5.69 Å². The first-order chi connectivity index (χ1) is 13.4. The second-order valence-corrected chi connectivity index (χ2v) is 9.19. The number of hydrogen-bond donors (Lipinski definition) is 1. The molecule has 28 heavy (non-hydrogen) atoms. The third kappa shape index (κ3) is 3.70. The van der Waals surface area contributed by atoms with Crippen LogP contribution in [0.1, 0.15) is 33.5 Å². The third-order valence-electron chi connectivity index (χ3n) is 5.39. The summed E-state index contributed by atoms with van der Waals surface area (Å²) in [5.41, 5.74) is 4.31. The summed E-state index contributed by atoms with van der Waals surface area (Å²) in [4.78, 5) is 12.9. The summed E-state index contributed by atoms with van der Waals surface area (Å²) in [5.74, 6) is -0.309. The Morgan fingerprint density at radius 2 is 1.79 bits per heavy atom. The number of carbonyl (C=O) groups is 1. The zero-order valence-electron chi connectivity index (χ0n) is 15.9. The van der Waals surface area contributed by atoms with Gasteiger partial charge in [-0.25, -0.2) is 8.42 Å². The van der Waals surface area contributed by atoms with Crippen molar-refractivity contribution in [3.63, 3.8) is 0 Å². The van der Waals surface area contributed by atoms with Gasteiger partial charge in [0.2, 0.25) is 10.0 Å². The number of aryl methyl sites for hydroxylation is 3. The molecule has 0 atom stereocenters. The molecular formula is C21H24N2O4S. The van der Waals surface area contributed by atoms with Crippen LogP contribution >= 0.6 is 0 Å². The van der Waals surface area contributed by atoms with Crippen molar-refractivity contribution in [1.82, 2.24) is 4.31 Å². The Kier molecular flexibility index (Phi) is 5.23. The van der Waals surface area contributed by atoms with Crippen molar-refractivity contribution in [3.8, 4) is 0 Å². The molecule has 1 fully saturated rings. The number of rotatable bonds is 4. The van der Waals surface area contributed by atoms with Crippen LogP contribution in [0.5, 0.6) is 0 Å². The number of amides is 1.